The number of hydrogen-bond acceptors (Lipinski definition) is 4. The lowest BCUT2D eigenvalue weighted by molar-refractivity contribution is 0.485. The second-order valence-electron chi connectivity index (χ2n) is 3.99. The summed E-state index contributed by atoms with van der Waals surface area (Å²) >= 11 is 24.5. The van der Waals surface area contributed by atoms with Gasteiger partial charge in [-0.05, 0) is 52.0 Å². The first-order valence-electron chi connectivity index (χ1n) is 5.99. The molecule has 0 rings (SSSR count). The molecule has 0 aromatic rings. The molecule has 0 fully saturated rings. The zero-order valence-electron chi connectivity index (χ0n) is 10.3. The highest BCUT2D eigenvalue weighted by atomic mass is 35.5. The lowest BCUT2D eigenvalue weighted by Crippen LogP contribution is -2.50. The average molecular weight is 340 g/mol. The van der Waals surface area contributed by atoms with E-state index in [1.54, 1.807) is 0 Å². The lowest BCUT2D eigenvalue weighted by atomic mass is 10.2. The van der Waals surface area contributed by atoms with Gasteiger partial charge < -0.3 is 16.8 Å². The molecule has 0 unspecified atom stereocenters. The van der Waals surface area contributed by atoms with Crippen molar-refractivity contribution in [2.45, 2.75) is 28.1 Å². The van der Waals surface area contributed by atoms with E-state index in [9.17, 15) is 0 Å². The minimum Gasteiger partial charge on any atom is -0.330 e. The Bertz CT molecular complexity index is 214. The molecule has 0 heterocycles. The van der Waals surface area contributed by atoms with Gasteiger partial charge in [-0.2, -0.15) is 0 Å². The Morgan fingerprint density at radius 3 is 1.94 bits per heavy atom. The number of alkyl halides is 4. The second kappa shape index (κ2) is 9.83. The fraction of sp³-hybridized carbons (Fsp3) is 1.00. The fourth-order valence-corrected chi connectivity index (χ4v) is 1.93. The second-order valence-corrected chi connectivity index (χ2v) is 6.80. The molecule has 18 heavy (non-hydrogen) atoms. The molecule has 0 bridgehead atoms. The molecule has 4 nitrogen and oxygen atoms in total. The number of hydrogen-bond donors (Lipinski definition) is 4. The van der Waals surface area contributed by atoms with Crippen LogP contribution in [0.5, 0.6) is 0 Å². The quantitative estimate of drug-likeness (QED) is 0.262. The molecule has 8 heteroatoms. The van der Waals surface area contributed by atoms with Gasteiger partial charge in [0.1, 0.15) is 0 Å². The molecule has 110 valence electrons. The van der Waals surface area contributed by atoms with E-state index in [1.807, 2.05) is 0 Å². The van der Waals surface area contributed by atoms with Gasteiger partial charge >= 0.3 is 0 Å². The number of nitrogens with two attached hydrogens (primary N) is 2. The summed E-state index contributed by atoms with van der Waals surface area (Å²) in [5, 5.41) is 6.06. The summed E-state index contributed by atoms with van der Waals surface area (Å²) in [5.74, 6) is 0. The molecule has 0 amide bonds. The van der Waals surface area contributed by atoms with Gasteiger partial charge in [-0.15, -0.1) is 0 Å². The van der Waals surface area contributed by atoms with Crippen LogP contribution in [0.25, 0.3) is 0 Å². The molecule has 0 saturated heterocycles. The van der Waals surface area contributed by atoms with Gasteiger partial charge in [0, 0.05) is 0 Å². The van der Waals surface area contributed by atoms with E-state index in [4.69, 9.17) is 57.9 Å². The van der Waals surface area contributed by atoms with Crippen molar-refractivity contribution in [1.82, 2.24) is 10.6 Å². The molecule has 0 saturated carbocycles. The van der Waals surface area contributed by atoms with E-state index >= 15 is 0 Å². The van der Waals surface area contributed by atoms with Crippen molar-refractivity contribution in [2.75, 3.05) is 32.7 Å². The summed E-state index contributed by atoms with van der Waals surface area (Å²) in [6, 6.07) is 0. The highest BCUT2D eigenvalue weighted by molar-refractivity contribution is 6.62. The summed E-state index contributed by atoms with van der Waals surface area (Å²) in [4.78, 5) is 0. The summed E-state index contributed by atoms with van der Waals surface area (Å²) in [6.45, 7) is 3.20. The van der Waals surface area contributed by atoms with Crippen LogP contribution in [0, 0.1) is 0 Å². The Kier molecular flexibility index (Phi) is 10.4. The molecule has 0 atom stereocenters. The maximum absolute atomic E-state index is 6.16. The SMILES string of the molecule is NCCCNCCC(Cl)(Cl)C(Cl)(Cl)NCCCN. The zero-order valence-corrected chi connectivity index (χ0v) is 13.3. The van der Waals surface area contributed by atoms with Crippen LogP contribution in [0.15, 0.2) is 0 Å². The van der Waals surface area contributed by atoms with Crippen molar-refractivity contribution in [3.05, 3.63) is 0 Å². The highest BCUT2D eigenvalue weighted by Gasteiger charge is 2.46. The van der Waals surface area contributed by atoms with Gasteiger partial charge in [0.2, 0.25) is 4.46 Å². The van der Waals surface area contributed by atoms with Crippen LogP contribution in [0.3, 0.4) is 0 Å². The van der Waals surface area contributed by atoms with Crippen molar-refractivity contribution in [2.24, 2.45) is 11.5 Å². The van der Waals surface area contributed by atoms with Gasteiger partial charge in [0.05, 0.1) is 0 Å². The number of halogens is 4. The Morgan fingerprint density at radius 1 is 0.833 bits per heavy atom. The normalized spacial score (nSPS) is 13.0. The topological polar surface area (TPSA) is 76.1 Å². The van der Waals surface area contributed by atoms with Gasteiger partial charge in [0.25, 0.3) is 0 Å². The first-order chi connectivity index (χ1) is 8.37. The Balaban J connectivity index is 3.99. The third kappa shape index (κ3) is 7.56. The molecule has 0 aromatic heterocycles. The zero-order chi connectivity index (χ0) is 14.1. The van der Waals surface area contributed by atoms with E-state index in [0.717, 1.165) is 19.4 Å². The summed E-state index contributed by atoms with van der Waals surface area (Å²) in [6.07, 6.45) is 2.07. The van der Waals surface area contributed by atoms with E-state index < -0.39 is 8.79 Å². The van der Waals surface area contributed by atoms with Crippen molar-refractivity contribution in [3.63, 3.8) is 0 Å². The number of rotatable bonds is 11. The third-order valence-corrected chi connectivity index (χ3v) is 4.61. The average Bonchev–Trinajstić information content (AvgIpc) is 2.28. The van der Waals surface area contributed by atoms with Gasteiger partial charge in [-0.1, -0.05) is 46.4 Å². The molecule has 0 aromatic carbocycles. The van der Waals surface area contributed by atoms with Crippen LogP contribution in [-0.4, -0.2) is 41.5 Å². The smallest absolute Gasteiger partial charge is 0.201 e. The Labute approximate surface area is 129 Å². The van der Waals surface area contributed by atoms with Gasteiger partial charge in [0.15, 0.2) is 4.33 Å². The number of nitrogens with one attached hydrogen (secondary N) is 2. The van der Waals surface area contributed by atoms with Crippen LogP contribution in [-0.2, 0) is 0 Å². The third-order valence-electron chi connectivity index (χ3n) is 2.36. The van der Waals surface area contributed by atoms with E-state index in [2.05, 4.69) is 10.6 Å². The summed E-state index contributed by atoms with van der Waals surface area (Å²) < 4.78 is -2.68. The van der Waals surface area contributed by atoms with Crippen molar-refractivity contribution < 1.29 is 0 Å². The molecule has 0 aliphatic carbocycles. The molecular weight excluding hydrogens is 318 g/mol. The summed E-state index contributed by atoms with van der Waals surface area (Å²) in [5.41, 5.74) is 10.8. The first kappa shape index (κ1) is 19.0. The fourth-order valence-electron chi connectivity index (χ4n) is 1.23. The highest BCUT2D eigenvalue weighted by Crippen LogP contribution is 2.42. The first-order valence-corrected chi connectivity index (χ1v) is 7.50. The monoisotopic (exact) mass is 338 g/mol. The molecule has 6 N–H and O–H groups in total. The Morgan fingerprint density at radius 2 is 1.39 bits per heavy atom. The minimum absolute atomic E-state index is 0.420. The summed E-state index contributed by atoms with van der Waals surface area (Å²) in [7, 11) is 0. The van der Waals surface area contributed by atoms with E-state index in [1.165, 1.54) is 0 Å². The van der Waals surface area contributed by atoms with Crippen molar-refractivity contribution in [3.8, 4) is 0 Å². The standard InChI is InChI=1S/C10H22Cl4N4/c11-9(12,3-8-17-6-1-4-15)10(13,14)18-7-2-5-16/h17-18H,1-8,15-16H2. The maximum Gasteiger partial charge on any atom is 0.201 e. The molecule has 0 radical (unpaired) electrons. The maximum atomic E-state index is 6.16. The van der Waals surface area contributed by atoms with Crippen LogP contribution < -0.4 is 22.1 Å². The molecule has 0 spiro atoms. The van der Waals surface area contributed by atoms with Gasteiger partial charge in [-0.3, -0.25) is 5.32 Å². The van der Waals surface area contributed by atoms with Crippen LogP contribution >= 0.6 is 46.4 Å². The largest absolute Gasteiger partial charge is 0.330 e. The predicted octanol–water partition coefficient (Wildman–Crippen LogP) is 1.56. The van der Waals surface area contributed by atoms with Crippen molar-refractivity contribution >= 4 is 46.4 Å². The van der Waals surface area contributed by atoms with E-state index in [0.29, 0.717) is 32.6 Å². The van der Waals surface area contributed by atoms with Crippen LogP contribution in [0.2, 0.25) is 0 Å². The Hall–Kier alpha value is 1.000. The van der Waals surface area contributed by atoms with Gasteiger partial charge in [-0.25, -0.2) is 0 Å². The van der Waals surface area contributed by atoms with Crippen molar-refractivity contribution in [1.29, 1.82) is 0 Å². The molecular formula is C10H22Cl4N4. The van der Waals surface area contributed by atoms with Crippen LogP contribution in [0.1, 0.15) is 19.3 Å². The minimum atomic E-state index is -1.40. The predicted molar refractivity (Wildman–Crippen MR) is 81.7 cm³/mol. The molecule has 0 aliphatic rings. The van der Waals surface area contributed by atoms with E-state index in [-0.39, 0.29) is 0 Å². The van der Waals surface area contributed by atoms with Crippen LogP contribution in [0.4, 0.5) is 0 Å². The molecule has 0 aliphatic heterocycles. The lowest BCUT2D eigenvalue weighted by Gasteiger charge is -2.33.